The topological polar surface area (TPSA) is 21.3 Å². The summed E-state index contributed by atoms with van der Waals surface area (Å²) in [5.74, 6) is 0.678. The molecule has 2 aliphatic rings. The summed E-state index contributed by atoms with van der Waals surface area (Å²) in [5.41, 5.74) is 3.35. The molecule has 2 nitrogen and oxygen atoms in total. The van der Waals surface area contributed by atoms with E-state index in [4.69, 9.17) is 4.74 Å². The molecule has 1 heterocycles. The third-order valence-electron chi connectivity index (χ3n) is 5.26. The maximum Gasteiger partial charge on any atom is 0.0509 e. The van der Waals surface area contributed by atoms with Gasteiger partial charge in [0.15, 0.2) is 0 Å². The van der Waals surface area contributed by atoms with Gasteiger partial charge in [-0.2, -0.15) is 0 Å². The van der Waals surface area contributed by atoms with Crippen LogP contribution in [-0.4, -0.2) is 19.3 Å². The van der Waals surface area contributed by atoms with E-state index in [2.05, 4.69) is 50.4 Å². The smallest absolute Gasteiger partial charge is 0.0509 e. The van der Waals surface area contributed by atoms with Crippen LogP contribution in [0.3, 0.4) is 0 Å². The summed E-state index contributed by atoms with van der Waals surface area (Å²) in [6.07, 6.45) is 3.70. The first-order valence-electron chi connectivity index (χ1n) is 8.01. The zero-order chi connectivity index (χ0) is 14.2. The van der Waals surface area contributed by atoms with E-state index in [1.807, 2.05) is 0 Å². The molecular formula is C18H27NO. The molecule has 0 radical (unpaired) electrons. The highest BCUT2D eigenvalue weighted by Gasteiger charge is 2.33. The summed E-state index contributed by atoms with van der Waals surface area (Å²) in [7, 11) is 0. The highest BCUT2D eigenvalue weighted by Crippen LogP contribution is 2.41. The first kappa shape index (κ1) is 14.1. The van der Waals surface area contributed by atoms with Gasteiger partial charge in [-0.15, -0.1) is 0 Å². The van der Waals surface area contributed by atoms with Crippen LogP contribution in [0, 0.1) is 5.92 Å². The second kappa shape index (κ2) is 5.50. The van der Waals surface area contributed by atoms with Gasteiger partial charge in [0.1, 0.15) is 0 Å². The van der Waals surface area contributed by atoms with Crippen LogP contribution in [0.4, 0.5) is 0 Å². The molecule has 0 aromatic heterocycles. The molecule has 0 spiro atoms. The van der Waals surface area contributed by atoms with Gasteiger partial charge in [-0.3, -0.25) is 0 Å². The van der Waals surface area contributed by atoms with Crippen LogP contribution in [0.5, 0.6) is 0 Å². The van der Waals surface area contributed by atoms with E-state index in [1.54, 1.807) is 0 Å². The Bertz CT molecular complexity index is 462. The van der Waals surface area contributed by atoms with Gasteiger partial charge in [0.25, 0.3) is 0 Å². The first-order chi connectivity index (χ1) is 9.58. The predicted molar refractivity (Wildman–Crippen MR) is 83.0 cm³/mol. The summed E-state index contributed by atoms with van der Waals surface area (Å²) in [6, 6.07) is 10.0. The minimum atomic E-state index is 0.314. The van der Waals surface area contributed by atoms with E-state index in [-0.39, 0.29) is 0 Å². The molecular weight excluding hydrogens is 246 g/mol. The molecule has 0 amide bonds. The van der Waals surface area contributed by atoms with E-state index in [0.29, 0.717) is 23.4 Å². The van der Waals surface area contributed by atoms with Crippen molar-refractivity contribution in [3.05, 3.63) is 35.4 Å². The van der Waals surface area contributed by atoms with Crippen molar-refractivity contribution in [3.8, 4) is 0 Å². The molecule has 1 aromatic carbocycles. The van der Waals surface area contributed by atoms with E-state index in [1.165, 1.54) is 30.4 Å². The Morgan fingerprint density at radius 2 is 2.05 bits per heavy atom. The van der Waals surface area contributed by atoms with Gasteiger partial charge < -0.3 is 10.1 Å². The van der Waals surface area contributed by atoms with Crippen LogP contribution >= 0.6 is 0 Å². The Labute approximate surface area is 122 Å². The number of nitrogens with one attached hydrogen (secondary N) is 1. The van der Waals surface area contributed by atoms with Crippen molar-refractivity contribution in [2.24, 2.45) is 5.92 Å². The molecule has 3 atom stereocenters. The average Bonchev–Trinajstić information content (AvgIpc) is 2.96. The van der Waals surface area contributed by atoms with Gasteiger partial charge in [-0.25, -0.2) is 0 Å². The second-order valence-electron chi connectivity index (χ2n) is 7.14. The van der Waals surface area contributed by atoms with Crippen LogP contribution in [-0.2, 0) is 10.2 Å². The van der Waals surface area contributed by atoms with E-state index >= 15 is 0 Å². The summed E-state index contributed by atoms with van der Waals surface area (Å²) in [5, 5.41) is 3.87. The minimum absolute atomic E-state index is 0.314. The molecule has 1 N–H and O–H groups in total. The summed E-state index contributed by atoms with van der Waals surface area (Å²) >= 11 is 0. The number of fused-ring (bicyclic) bond motifs is 1. The zero-order valence-electron chi connectivity index (χ0n) is 13.0. The Hall–Kier alpha value is -0.860. The van der Waals surface area contributed by atoms with Gasteiger partial charge in [0.05, 0.1) is 6.61 Å². The molecule has 2 heteroatoms. The van der Waals surface area contributed by atoms with Crippen molar-refractivity contribution >= 4 is 0 Å². The predicted octanol–water partition coefficient (Wildman–Crippen LogP) is 3.81. The normalized spacial score (nSPS) is 29.9. The van der Waals surface area contributed by atoms with Crippen molar-refractivity contribution in [3.63, 3.8) is 0 Å². The number of ether oxygens (including phenoxy) is 1. The summed E-state index contributed by atoms with van der Waals surface area (Å²) in [4.78, 5) is 0. The fourth-order valence-electron chi connectivity index (χ4n) is 3.79. The van der Waals surface area contributed by atoms with Crippen molar-refractivity contribution in [2.45, 2.75) is 57.5 Å². The van der Waals surface area contributed by atoms with E-state index in [9.17, 15) is 0 Å². The molecule has 110 valence electrons. The molecule has 1 aliphatic heterocycles. The van der Waals surface area contributed by atoms with Gasteiger partial charge in [0.2, 0.25) is 0 Å². The van der Waals surface area contributed by atoms with Crippen molar-refractivity contribution in [1.82, 2.24) is 5.32 Å². The van der Waals surface area contributed by atoms with Crippen LogP contribution in [0.15, 0.2) is 24.3 Å². The lowest BCUT2D eigenvalue weighted by Crippen LogP contribution is -2.40. The molecule has 3 unspecified atom stereocenters. The van der Waals surface area contributed by atoms with Crippen molar-refractivity contribution < 1.29 is 4.74 Å². The maximum atomic E-state index is 5.53. The van der Waals surface area contributed by atoms with Crippen LogP contribution < -0.4 is 5.32 Å². The average molecular weight is 273 g/mol. The monoisotopic (exact) mass is 273 g/mol. The molecule has 3 rings (SSSR count). The number of benzene rings is 1. The molecule has 20 heavy (non-hydrogen) atoms. The fraction of sp³-hybridized carbons (Fsp3) is 0.667. The quantitative estimate of drug-likeness (QED) is 0.904. The lowest BCUT2D eigenvalue weighted by atomic mass is 9.71. The number of hydrogen-bond donors (Lipinski definition) is 1. The zero-order valence-corrected chi connectivity index (χ0v) is 13.0. The lowest BCUT2D eigenvalue weighted by molar-refractivity contribution is 0.175. The van der Waals surface area contributed by atoms with Gasteiger partial charge >= 0.3 is 0 Å². The molecule has 0 saturated carbocycles. The Morgan fingerprint density at radius 3 is 2.80 bits per heavy atom. The highest BCUT2D eigenvalue weighted by molar-refractivity contribution is 5.38. The maximum absolute atomic E-state index is 5.53. The third kappa shape index (κ3) is 2.64. The first-order valence-corrected chi connectivity index (χ1v) is 8.01. The lowest BCUT2D eigenvalue weighted by Gasteiger charge is -2.39. The van der Waals surface area contributed by atoms with Crippen LogP contribution in [0.1, 0.15) is 57.2 Å². The van der Waals surface area contributed by atoms with Crippen LogP contribution in [0.2, 0.25) is 0 Å². The van der Waals surface area contributed by atoms with E-state index < -0.39 is 0 Å². The van der Waals surface area contributed by atoms with Gasteiger partial charge in [-0.1, -0.05) is 38.1 Å². The summed E-state index contributed by atoms with van der Waals surface area (Å²) < 4.78 is 5.53. The number of hydrogen-bond acceptors (Lipinski definition) is 2. The third-order valence-corrected chi connectivity index (χ3v) is 5.26. The highest BCUT2D eigenvalue weighted by atomic mass is 16.5. The molecule has 1 aromatic rings. The Kier molecular flexibility index (Phi) is 3.87. The largest absolute Gasteiger partial charge is 0.381 e. The molecule has 1 fully saturated rings. The van der Waals surface area contributed by atoms with Crippen LogP contribution in [0.25, 0.3) is 0 Å². The molecule has 1 aliphatic carbocycles. The standard InChI is InChI=1S/C18H27NO/c1-13(14-9-11-20-12-14)19-17-8-10-18(2,3)16-7-5-4-6-15(16)17/h4-7,13-14,17,19H,8-12H2,1-3H3. The molecule has 1 saturated heterocycles. The second-order valence-corrected chi connectivity index (χ2v) is 7.14. The van der Waals surface area contributed by atoms with Crippen molar-refractivity contribution in [1.29, 1.82) is 0 Å². The van der Waals surface area contributed by atoms with Gasteiger partial charge in [-0.05, 0) is 48.6 Å². The minimum Gasteiger partial charge on any atom is -0.381 e. The fourth-order valence-corrected chi connectivity index (χ4v) is 3.79. The Morgan fingerprint density at radius 1 is 1.25 bits per heavy atom. The summed E-state index contributed by atoms with van der Waals surface area (Å²) in [6.45, 7) is 8.92. The Balaban J connectivity index is 1.78. The van der Waals surface area contributed by atoms with E-state index in [0.717, 1.165) is 13.2 Å². The van der Waals surface area contributed by atoms with Gasteiger partial charge in [0, 0.05) is 18.7 Å². The number of rotatable bonds is 3. The van der Waals surface area contributed by atoms with Crippen molar-refractivity contribution in [2.75, 3.05) is 13.2 Å². The molecule has 0 bridgehead atoms. The SMILES string of the molecule is CC(NC1CCC(C)(C)c2ccccc21)C1CCOC1.